The molecule has 2 aromatic rings. The fourth-order valence-electron chi connectivity index (χ4n) is 2.01. The summed E-state index contributed by atoms with van der Waals surface area (Å²) in [5, 5.41) is 0. The van der Waals surface area contributed by atoms with Crippen LogP contribution >= 0.6 is 0 Å². The molecule has 112 valence electrons. The maximum Gasteiger partial charge on any atom is 0.416 e. The predicted molar refractivity (Wildman–Crippen MR) is 74.4 cm³/mol. The summed E-state index contributed by atoms with van der Waals surface area (Å²) in [6, 6.07) is 8.26. The second-order valence-corrected chi connectivity index (χ2v) is 4.37. The molecule has 2 rings (SSSR count). The zero-order chi connectivity index (χ0) is 15.6. The first kappa shape index (κ1) is 15.0. The Kier molecular flexibility index (Phi) is 3.97. The monoisotopic (exact) mass is 297 g/mol. The van der Waals surface area contributed by atoms with Gasteiger partial charge in [0.05, 0.1) is 19.8 Å². The van der Waals surface area contributed by atoms with Gasteiger partial charge in [-0.15, -0.1) is 0 Å². The lowest BCUT2D eigenvalue weighted by Gasteiger charge is -2.14. The largest absolute Gasteiger partial charge is 0.497 e. The number of benzene rings is 2. The average Bonchev–Trinajstić information content (AvgIpc) is 2.45. The van der Waals surface area contributed by atoms with Gasteiger partial charge in [-0.25, -0.2) is 0 Å². The first-order valence-corrected chi connectivity index (χ1v) is 6.06. The molecule has 6 heteroatoms. The molecule has 2 aromatic carbocycles. The summed E-state index contributed by atoms with van der Waals surface area (Å²) in [5.74, 6) is 1.06. The third-order valence-electron chi connectivity index (χ3n) is 3.08. The second-order valence-electron chi connectivity index (χ2n) is 4.37. The molecular weight excluding hydrogens is 283 g/mol. The molecule has 0 amide bonds. The Hall–Kier alpha value is -2.37. The van der Waals surface area contributed by atoms with Gasteiger partial charge in [-0.05, 0) is 30.3 Å². The van der Waals surface area contributed by atoms with Gasteiger partial charge in [0.15, 0.2) is 0 Å². The van der Waals surface area contributed by atoms with Crippen LogP contribution in [0.15, 0.2) is 36.4 Å². The van der Waals surface area contributed by atoms with Crippen molar-refractivity contribution in [3.05, 3.63) is 42.0 Å². The van der Waals surface area contributed by atoms with Crippen molar-refractivity contribution in [2.45, 2.75) is 6.18 Å². The molecule has 0 aliphatic heterocycles. The molecule has 21 heavy (non-hydrogen) atoms. The maximum absolute atomic E-state index is 12.7. The highest BCUT2D eigenvalue weighted by Crippen LogP contribution is 2.39. The summed E-state index contributed by atoms with van der Waals surface area (Å²) in [7, 11) is 2.98. The van der Waals surface area contributed by atoms with Gasteiger partial charge < -0.3 is 15.2 Å². The fourth-order valence-corrected chi connectivity index (χ4v) is 2.01. The molecule has 0 spiro atoms. The van der Waals surface area contributed by atoms with E-state index in [0.29, 0.717) is 22.6 Å². The highest BCUT2D eigenvalue weighted by atomic mass is 19.4. The molecule has 0 atom stereocenters. The minimum atomic E-state index is -4.43. The topological polar surface area (TPSA) is 44.5 Å². The van der Waals surface area contributed by atoms with Gasteiger partial charge in [0, 0.05) is 16.8 Å². The van der Waals surface area contributed by atoms with Crippen molar-refractivity contribution in [2.75, 3.05) is 20.0 Å². The van der Waals surface area contributed by atoms with E-state index in [0.717, 1.165) is 12.1 Å². The molecule has 0 radical (unpaired) electrons. The molecule has 0 aromatic heterocycles. The fraction of sp³-hybridized carbons (Fsp3) is 0.200. The Bertz CT molecular complexity index is 654. The number of hydrogen-bond acceptors (Lipinski definition) is 3. The van der Waals surface area contributed by atoms with Crippen LogP contribution in [0.25, 0.3) is 11.1 Å². The zero-order valence-corrected chi connectivity index (χ0v) is 11.5. The van der Waals surface area contributed by atoms with Crippen LogP contribution in [0.4, 0.5) is 18.9 Å². The van der Waals surface area contributed by atoms with Crippen molar-refractivity contribution in [1.82, 2.24) is 0 Å². The number of ether oxygens (including phenoxy) is 2. The zero-order valence-electron chi connectivity index (χ0n) is 11.5. The minimum absolute atomic E-state index is 0.0244. The summed E-state index contributed by atoms with van der Waals surface area (Å²) in [4.78, 5) is 0. The second kappa shape index (κ2) is 5.55. The van der Waals surface area contributed by atoms with Crippen LogP contribution in [0.2, 0.25) is 0 Å². The number of nitrogen functional groups attached to an aromatic ring is 1. The molecule has 0 aliphatic rings. The summed E-state index contributed by atoms with van der Waals surface area (Å²) in [5.41, 5.74) is 6.04. The number of nitrogens with two attached hydrogens (primary N) is 1. The van der Waals surface area contributed by atoms with E-state index in [1.807, 2.05) is 0 Å². The van der Waals surface area contributed by atoms with Gasteiger partial charge in [0.25, 0.3) is 0 Å². The number of rotatable bonds is 3. The lowest BCUT2D eigenvalue weighted by molar-refractivity contribution is -0.137. The van der Waals surface area contributed by atoms with Gasteiger partial charge in [-0.2, -0.15) is 13.2 Å². The van der Waals surface area contributed by atoms with Gasteiger partial charge in [0.1, 0.15) is 11.5 Å². The molecule has 0 bridgehead atoms. The molecule has 0 heterocycles. The Balaban J connectivity index is 2.56. The summed E-state index contributed by atoms with van der Waals surface area (Å²) < 4.78 is 48.3. The van der Waals surface area contributed by atoms with E-state index in [2.05, 4.69) is 0 Å². The molecule has 2 N–H and O–H groups in total. The van der Waals surface area contributed by atoms with E-state index in [-0.39, 0.29) is 5.69 Å². The number of hydrogen-bond donors (Lipinski definition) is 1. The van der Waals surface area contributed by atoms with Crippen molar-refractivity contribution in [3.8, 4) is 22.6 Å². The van der Waals surface area contributed by atoms with Gasteiger partial charge in [0.2, 0.25) is 0 Å². The van der Waals surface area contributed by atoms with Crippen molar-refractivity contribution in [1.29, 1.82) is 0 Å². The molecule has 0 saturated carbocycles. The first-order valence-electron chi connectivity index (χ1n) is 6.06. The molecule has 0 fully saturated rings. The molecular formula is C15H14F3NO2. The van der Waals surface area contributed by atoms with E-state index in [9.17, 15) is 13.2 Å². The number of methoxy groups -OCH3 is 2. The van der Waals surface area contributed by atoms with Crippen LogP contribution in [0.3, 0.4) is 0 Å². The smallest absolute Gasteiger partial charge is 0.416 e. The summed E-state index contributed by atoms with van der Waals surface area (Å²) in [6.07, 6.45) is -4.43. The predicted octanol–water partition coefficient (Wildman–Crippen LogP) is 3.97. The van der Waals surface area contributed by atoms with E-state index in [4.69, 9.17) is 15.2 Å². The van der Waals surface area contributed by atoms with E-state index in [1.165, 1.54) is 20.3 Å². The van der Waals surface area contributed by atoms with Crippen LogP contribution in [0.1, 0.15) is 5.56 Å². The van der Waals surface area contributed by atoms with Crippen molar-refractivity contribution >= 4 is 5.69 Å². The lowest BCUT2D eigenvalue weighted by atomic mass is 10.00. The van der Waals surface area contributed by atoms with E-state index < -0.39 is 11.7 Å². The Morgan fingerprint density at radius 1 is 0.905 bits per heavy atom. The number of halogens is 3. The summed E-state index contributed by atoms with van der Waals surface area (Å²) >= 11 is 0. The normalized spacial score (nSPS) is 11.3. The van der Waals surface area contributed by atoms with Crippen LogP contribution in [0.5, 0.6) is 11.5 Å². The molecule has 3 nitrogen and oxygen atoms in total. The third kappa shape index (κ3) is 3.04. The Morgan fingerprint density at radius 3 is 2.14 bits per heavy atom. The standard InChI is InChI=1S/C15H14F3NO2/c1-20-10-4-6-14(21-2)12(8-10)11-5-3-9(7-13(11)19)15(16,17)18/h3-8H,19H2,1-2H3. The van der Waals surface area contributed by atoms with Crippen LogP contribution in [0, 0.1) is 0 Å². The first-order chi connectivity index (χ1) is 9.86. The van der Waals surface area contributed by atoms with E-state index >= 15 is 0 Å². The minimum Gasteiger partial charge on any atom is -0.497 e. The van der Waals surface area contributed by atoms with Crippen LogP contribution in [-0.2, 0) is 6.18 Å². The van der Waals surface area contributed by atoms with E-state index in [1.54, 1.807) is 18.2 Å². The highest BCUT2D eigenvalue weighted by molar-refractivity contribution is 5.81. The SMILES string of the molecule is COc1ccc(OC)c(-c2ccc(C(F)(F)F)cc2N)c1. The van der Waals surface area contributed by atoms with Crippen molar-refractivity contribution in [3.63, 3.8) is 0 Å². The lowest BCUT2D eigenvalue weighted by Crippen LogP contribution is -2.06. The average molecular weight is 297 g/mol. The quantitative estimate of drug-likeness (QED) is 0.872. The van der Waals surface area contributed by atoms with Crippen LogP contribution in [-0.4, -0.2) is 14.2 Å². The third-order valence-corrected chi connectivity index (χ3v) is 3.08. The summed E-state index contributed by atoms with van der Waals surface area (Å²) in [6.45, 7) is 0. The van der Waals surface area contributed by atoms with Crippen molar-refractivity contribution in [2.24, 2.45) is 0 Å². The molecule has 0 saturated heterocycles. The van der Waals surface area contributed by atoms with Crippen molar-refractivity contribution < 1.29 is 22.6 Å². The molecule has 0 unspecified atom stereocenters. The van der Waals surface area contributed by atoms with Gasteiger partial charge >= 0.3 is 6.18 Å². The Labute approximate surface area is 120 Å². The molecule has 0 aliphatic carbocycles. The number of anilines is 1. The van der Waals surface area contributed by atoms with Gasteiger partial charge in [-0.3, -0.25) is 0 Å². The number of alkyl halides is 3. The highest BCUT2D eigenvalue weighted by Gasteiger charge is 2.31. The maximum atomic E-state index is 12.7. The van der Waals surface area contributed by atoms with Gasteiger partial charge in [-0.1, -0.05) is 6.07 Å². The van der Waals surface area contributed by atoms with Crippen LogP contribution < -0.4 is 15.2 Å². The Morgan fingerprint density at radius 2 is 1.62 bits per heavy atom.